The van der Waals surface area contributed by atoms with Gasteiger partial charge in [0.05, 0.1) is 18.2 Å². The largest absolute Gasteiger partial charge is 0.481 e. The summed E-state index contributed by atoms with van der Waals surface area (Å²) in [7, 11) is 1.87. The molecule has 5 N–H and O–H groups in total. The quantitative estimate of drug-likeness (QED) is 0.490. The normalized spacial score (nSPS) is 12.4. The molecule has 1 aromatic heterocycles. The fourth-order valence-electron chi connectivity index (χ4n) is 1.31. The number of aromatic nitrogens is 2. The lowest BCUT2D eigenvalue weighted by Gasteiger charge is -2.13. The van der Waals surface area contributed by atoms with E-state index in [1.54, 1.807) is 4.68 Å². The molecule has 0 aliphatic carbocycles. The van der Waals surface area contributed by atoms with Gasteiger partial charge in [0, 0.05) is 26.2 Å². The lowest BCUT2D eigenvalue weighted by atomic mass is 10.2. The number of rotatable bonds is 6. The molecule has 1 heterocycles. The summed E-state index contributed by atoms with van der Waals surface area (Å²) in [5.41, 5.74) is 6.40. The Balaban J connectivity index is 2.18. The highest BCUT2D eigenvalue weighted by molar-refractivity contribution is 5.85. The van der Waals surface area contributed by atoms with E-state index < -0.39 is 17.9 Å². The number of carbonyl (C=O) groups is 2. The lowest BCUT2D eigenvalue weighted by molar-refractivity contribution is -0.139. The highest BCUT2D eigenvalue weighted by Gasteiger charge is 2.16. The number of carbonyl (C=O) groups excluding carboxylic acids is 1. The maximum absolute atomic E-state index is 11.3. The van der Waals surface area contributed by atoms with Crippen LogP contribution in [0.25, 0.3) is 0 Å². The molecule has 0 spiro atoms. The molecule has 0 aliphatic rings. The van der Waals surface area contributed by atoms with Crippen molar-refractivity contribution in [1.29, 1.82) is 0 Å². The summed E-state index contributed by atoms with van der Waals surface area (Å²) < 4.78 is 1.80. The number of carboxylic acid groups (broad SMARTS) is 1. The predicted molar refractivity (Wildman–Crippen MR) is 56.7 cm³/mol. The van der Waals surface area contributed by atoms with Crippen molar-refractivity contribution in [3.05, 3.63) is 11.9 Å². The second-order valence-electron chi connectivity index (χ2n) is 3.62. The van der Waals surface area contributed by atoms with Crippen LogP contribution in [0, 0.1) is 0 Å². The maximum atomic E-state index is 11.3. The van der Waals surface area contributed by atoms with E-state index in [1.165, 1.54) is 0 Å². The Morgan fingerprint density at radius 2 is 2.31 bits per heavy atom. The topological polar surface area (TPSA) is 113 Å². The summed E-state index contributed by atoms with van der Waals surface area (Å²) in [4.78, 5) is 21.6. The molecule has 1 atom stereocenters. The third-order valence-corrected chi connectivity index (χ3v) is 2.09. The second kappa shape index (κ2) is 5.36. The average Bonchev–Trinajstić information content (AvgIpc) is 2.13. The van der Waals surface area contributed by atoms with Crippen LogP contribution in [0.5, 0.6) is 0 Å². The van der Waals surface area contributed by atoms with E-state index >= 15 is 0 Å². The Morgan fingerprint density at radius 3 is 2.81 bits per heavy atom. The SMILES string of the molecule is Cn1cc(CCNC(=O)C(N)CC(=O)O)[nH]1. The molecule has 1 aromatic rings. The van der Waals surface area contributed by atoms with Gasteiger partial charge < -0.3 is 21.3 Å². The van der Waals surface area contributed by atoms with Gasteiger partial charge >= 0.3 is 5.97 Å². The van der Waals surface area contributed by atoms with Crippen LogP contribution in [0.15, 0.2) is 6.20 Å². The van der Waals surface area contributed by atoms with Gasteiger partial charge in [0.15, 0.2) is 0 Å². The monoisotopic (exact) mass is 228 g/mol. The number of hydrogen-bond acceptors (Lipinski definition) is 3. The van der Waals surface area contributed by atoms with Crippen molar-refractivity contribution in [3.8, 4) is 0 Å². The molecule has 0 bridgehead atoms. The van der Waals surface area contributed by atoms with Crippen molar-refractivity contribution in [2.45, 2.75) is 18.9 Å². The molecule has 16 heavy (non-hydrogen) atoms. The number of nitrogens with one attached hydrogen (secondary N) is 2. The first-order valence-corrected chi connectivity index (χ1v) is 4.94. The van der Waals surface area contributed by atoms with Gasteiger partial charge in [0.2, 0.25) is 5.91 Å². The molecular formula is C9H16N4O3. The molecule has 7 nitrogen and oxygen atoms in total. The molecule has 90 valence electrons. The van der Waals surface area contributed by atoms with Gasteiger partial charge in [-0.15, -0.1) is 0 Å². The molecule has 1 unspecified atom stereocenters. The fourth-order valence-corrected chi connectivity index (χ4v) is 1.31. The van der Waals surface area contributed by atoms with Gasteiger partial charge in [-0.3, -0.25) is 14.3 Å². The molecule has 0 saturated carbocycles. The van der Waals surface area contributed by atoms with Gasteiger partial charge in [-0.2, -0.15) is 0 Å². The smallest absolute Gasteiger partial charge is 0.305 e. The minimum atomic E-state index is -1.08. The number of carboxylic acids is 1. The van der Waals surface area contributed by atoms with Crippen LogP contribution in [-0.4, -0.2) is 39.4 Å². The Bertz CT molecular complexity index is 356. The van der Waals surface area contributed by atoms with E-state index in [9.17, 15) is 9.59 Å². The fraction of sp³-hybridized carbons (Fsp3) is 0.556. The third kappa shape index (κ3) is 3.77. The number of aromatic amines is 1. The number of H-pyrrole nitrogens is 1. The molecule has 0 aliphatic heterocycles. The standard InChI is InChI=1S/C9H16N4O3/c1-13-5-6(12-13)2-3-11-9(16)7(10)4-8(14)15/h5,7,12H,2-4,10H2,1H3,(H,11,16)(H,14,15). The maximum Gasteiger partial charge on any atom is 0.305 e. The van der Waals surface area contributed by atoms with Crippen molar-refractivity contribution < 1.29 is 14.7 Å². The van der Waals surface area contributed by atoms with Gasteiger partial charge in [0.1, 0.15) is 0 Å². The minimum absolute atomic E-state index is 0.352. The zero-order valence-corrected chi connectivity index (χ0v) is 9.06. The summed E-state index contributed by atoms with van der Waals surface area (Å²) in [5, 5.41) is 14.0. The van der Waals surface area contributed by atoms with Crippen molar-refractivity contribution in [3.63, 3.8) is 0 Å². The number of amides is 1. The summed E-state index contributed by atoms with van der Waals surface area (Å²) in [6.45, 7) is 0.443. The van der Waals surface area contributed by atoms with E-state index in [1.807, 2.05) is 13.2 Å². The van der Waals surface area contributed by atoms with Crippen molar-refractivity contribution in [2.24, 2.45) is 12.8 Å². The molecule has 0 fully saturated rings. The van der Waals surface area contributed by atoms with Gasteiger partial charge in [0.25, 0.3) is 0 Å². The van der Waals surface area contributed by atoms with E-state index in [2.05, 4.69) is 10.4 Å². The summed E-state index contributed by atoms with van der Waals surface area (Å²) in [6.07, 6.45) is 2.23. The molecule has 1 rings (SSSR count). The molecule has 0 saturated heterocycles. The van der Waals surface area contributed by atoms with Crippen LogP contribution < -0.4 is 11.1 Å². The van der Waals surface area contributed by atoms with E-state index in [0.29, 0.717) is 13.0 Å². The summed E-state index contributed by atoms with van der Waals surface area (Å²) in [5.74, 6) is -1.51. The first-order chi connectivity index (χ1) is 7.49. The third-order valence-electron chi connectivity index (χ3n) is 2.09. The molecule has 0 radical (unpaired) electrons. The Morgan fingerprint density at radius 1 is 1.69 bits per heavy atom. The first-order valence-electron chi connectivity index (χ1n) is 4.94. The van der Waals surface area contributed by atoms with Crippen molar-refractivity contribution in [1.82, 2.24) is 15.1 Å². The average molecular weight is 228 g/mol. The molecule has 7 heteroatoms. The zero-order chi connectivity index (χ0) is 12.1. The van der Waals surface area contributed by atoms with Crippen molar-refractivity contribution >= 4 is 11.9 Å². The Labute approximate surface area is 92.6 Å². The van der Waals surface area contributed by atoms with Crippen LogP contribution in [-0.2, 0) is 23.1 Å². The van der Waals surface area contributed by atoms with Crippen LogP contribution in [0.1, 0.15) is 12.1 Å². The van der Waals surface area contributed by atoms with E-state index in [-0.39, 0.29) is 6.42 Å². The highest BCUT2D eigenvalue weighted by atomic mass is 16.4. The summed E-state index contributed by atoms with van der Waals surface area (Å²) >= 11 is 0. The van der Waals surface area contributed by atoms with Gasteiger partial charge in [-0.25, -0.2) is 0 Å². The number of aliphatic carboxylic acids is 1. The van der Waals surface area contributed by atoms with Gasteiger partial charge in [-0.05, 0) is 0 Å². The lowest BCUT2D eigenvalue weighted by Crippen LogP contribution is -2.42. The van der Waals surface area contributed by atoms with E-state index in [0.717, 1.165) is 5.69 Å². The van der Waals surface area contributed by atoms with Gasteiger partial charge in [-0.1, -0.05) is 0 Å². The molecular weight excluding hydrogens is 212 g/mol. The van der Waals surface area contributed by atoms with E-state index in [4.69, 9.17) is 10.8 Å². The zero-order valence-electron chi connectivity index (χ0n) is 9.06. The number of nitrogens with zero attached hydrogens (tertiary/aromatic N) is 1. The minimum Gasteiger partial charge on any atom is -0.481 e. The highest BCUT2D eigenvalue weighted by Crippen LogP contribution is 1.95. The van der Waals surface area contributed by atoms with Crippen LogP contribution in [0.4, 0.5) is 0 Å². The first kappa shape index (κ1) is 12.3. The summed E-state index contributed by atoms with van der Waals surface area (Å²) in [6, 6.07) is -0.983. The van der Waals surface area contributed by atoms with Crippen molar-refractivity contribution in [2.75, 3.05) is 6.54 Å². The Kier molecular flexibility index (Phi) is 4.12. The predicted octanol–water partition coefficient (Wildman–Crippen LogP) is -1.19. The second-order valence-corrected chi connectivity index (χ2v) is 3.62. The molecule has 1 amide bonds. The number of hydrogen-bond donors (Lipinski definition) is 4. The van der Waals surface area contributed by atoms with Crippen LogP contribution in [0.2, 0.25) is 0 Å². The Hall–Kier alpha value is -1.76. The number of aryl methyl sites for hydroxylation is 1. The van der Waals surface area contributed by atoms with Crippen LogP contribution >= 0.6 is 0 Å². The number of nitrogens with two attached hydrogens (primary N) is 1. The van der Waals surface area contributed by atoms with Crippen LogP contribution in [0.3, 0.4) is 0 Å². The molecule has 0 aromatic carbocycles.